The molecule has 1 saturated carbocycles. The summed E-state index contributed by atoms with van der Waals surface area (Å²) in [6.07, 6.45) is 2.18. The van der Waals surface area contributed by atoms with Crippen molar-refractivity contribution in [2.75, 3.05) is 0 Å². The number of hydrogen-bond acceptors (Lipinski definition) is 4. The normalized spacial score (nSPS) is 15.9. The van der Waals surface area contributed by atoms with Gasteiger partial charge in [0.2, 0.25) is 5.91 Å². The molecule has 0 aliphatic heterocycles. The van der Waals surface area contributed by atoms with Crippen LogP contribution in [0.1, 0.15) is 18.5 Å². The largest absolute Gasteiger partial charge is 0.356 e. The van der Waals surface area contributed by atoms with Crippen LogP contribution in [0.25, 0.3) is 11.0 Å². The molecule has 5 nitrogen and oxygen atoms in total. The number of carbonyl (C=O) groups excluding carboxylic acids is 1. The van der Waals surface area contributed by atoms with E-state index in [4.69, 9.17) is 9.78 Å². The number of carbonyl (C=O) groups is 1. The summed E-state index contributed by atoms with van der Waals surface area (Å²) in [6.45, 7) is 0. The fraction of sp³-hybridized carbons (Fsp3) is 0.357. The van der Waals surface area contributed by atoms with Crippen molar-refractivity contribution >= 4 is 16.9 Å². The Morgan fingerprint density at radius 2 is 2.32 bits per heavy atom. The maximum atomic E-state index is 11.9. The van der Waals surface area contributed by atoms with Gasteiger partial charge in [0.25, 0.3) is 0 Å². The van der Waals surface area contributed by atoms with E-state index in [0.717, 1.165) is 18.2 Å². The number of rotatable bonds is 4. The van der Waals surface area contributed by atoms with Crippen LogP contribution in [0.4, 0.5) is 0 Å². The SMILES string of the molecule is N#CC(NC(=O)Cc1noc2ccccc12)C1CC1. The highest BCUT2D eigenvalue weighted by molar-refractivity contribution is 5.86. The first-order valence-electron chi connectivity index (χ1n) is 6.30. The lowest BCUT2D eigenvalue weighted by Gasteiger charge is -2.09. The molecule has 0 radical (unpaired) electrons. The molecule has 1 aliphatic carbocycles. The molecule has 0 spiro atoms. The van der Waals surface area contributed by atoms with E-state index in [1.807, 2.05) is 24.3 Å². The van der Waals surface area contributed by atoms with E-state index in [1.54, 1.807) is 0 Å². The van der Waals surface area contributed by atoms with Crippen molar-refractivity contribution in [3.05, 3.63) is 30.0 Å². The van der Waals surface area contributed by atoms with Crippen molar-refractivity contribution in [3.63, 3.8) is 0 Å². The number of benzene rings is 1. The standard InChI is InChI=1S/C14H13N3O2/c15-8-12(9-5-6-9)16-14(18)7-11-10-3-1-2-4-13(10)19-17-11/h1-4,9,12H,5-7H2,(H,16,18). The second-order valence-corrected chi connectivity index (χ2v) is 4.81. The van der Waals surface area contributed by atoms with Crippen LogP contribution in [0.5, 0.6) is 0 Å². The van der Waals surface area contributed by atoms with Crippen LogP contribution in [-0.2, 0) is 11.2 Å². The zero-order valence-corrected chi connectivity index (χ0v) is 10.3. The van der Waals surface area contributed by atoms with Crippen LogP contribution in [0.2, 0.25) is 0 Å². The molecule has 96 valence electrons. The minimum atomic E-state index is -0.370. The monoisotopic (exact) mass is 255 g/mol. The van der Waals surface area contributed by atoms with E-state index < -0.39 is 0 Å². The molecular weight excluding hydrogens is 242 g/mol. The van der Waals surface area contributed by atoms with Gasteiger partial charge in [-0.3, -0.25) is 4.79 Å². The summed E-state index contributed by atoms with van der Waals surface area (Å²) in [7, 11) is 0. The number of nitriles is 1. The van der Waals surface area contributed by atoms with Crippen molar-refractivity contribution in [1.82, 2.24) is 10.5 Å². The van der Waals surface area contributed by atoms with Crippen LogP contribution >= 0.6 is 0 Å². The van der Waals surface area contributed by atoms with E-state index in [9.17, 15) is 4.79 Å². The van der Waals surface area contributed by atoms with Gasteiger partial charge in [-0.05, 0) is 30.9 Å². The Balaban J connectivity index is 1.70. The average Bonchev–Trinajstić information content (AvgIpc) is 3.19. The van der Waals surface area contributed by atoms with Gasteiger partial charge in [0.05, 0.1) is 12.5 Å². The molecule has 3 rings (SSSR count). The number of para-hydroxylation sites is 1. The number of aromatic nitrogens is 1. The highest BCUT2D eigenvalue weighted by Crippen LogP contribution is 2.32. The molecule has 0 saturated heterocycles. The Labute approximate surface area is 110 Å². The molecule has 0 bridgehead atoms. The quantitative estimate of drug-likeness (QED) is 0.903. The van der Waals surface area contributed by atoms with Crippen molar-refractivity contribution in [1.29, 1.82) is 5.26 Å². The average molecular weight is 255 g/mol. The van der Waals surface area contributed by atoms with Gasteiger partial charge >= 0.3 is 0 Å². The molecule has 5 heteroatoms. The van der Waals surface area contributed by atoms with E-state index in [1.165, 1.54) is 0 Å². The summed E-state index contributed by atoms with van der Waals surface area (Å²) >= 11 is 0. The van der Waals surface area contributed by atoms with Crippen molar-refractivity contribution in [2.24, 2.45) is 5.92 Å². The molecule has 1 aliphatic rings. The number of hydrogen-bond donors (Lipinski definition) is 1. The van der Waals surface area contributed by atoms with Gasteiger partial charge in [-0.15, -0.1) is 0 Å². The molecule has 1 unspecified atom stereocenters. The van der Waals surface area contributed by atoms with Crippen molar-refractivity contribution in [3.8, 4) is 6.07 Å². The smallest absolute Gasteiger partial charge is 0.227 e. The van der Waals surface area contributed by atoms with Crippen molar-refractivity contribution in [2.45, 2.75) is 25.3 Å². The first kappa shape index (κ1) is 11.7. The lowest BCUT2D eigenvalue weighted by molar-refractivity contribution is -0.121. The van der Waals surface area contributed by atoms with Gasteiger partial charge in [0.15, 0.2) is 5.58 Å². The Kier molecular flexibility index (Phi) is 2.92. The fourth-order valence-electron chi connectivity index (χ4n) is 2.13. The molecule has 1 amide bonds. The molecule has 19 heavy (non-hydrogen) atoms. The first-order valence-corrected chi connectivity index (χ1v) is 6.30. The zero-order chi connectivity index (χ0) is 13.2. The molecule has 1 fully saturated rings. The van der Waals surface area contributed by atoms with Gasteiger partial charge in [-0.25, -0.2) is 0 Å². The predicted molar refractivity (Wildman–Crippen MR) is 68.0 cm³/mol. The second-order valence-electron chi connectivity index (χ2n) is 4.81. The fourth-order valence-corrected chi connectivity index (χ4v) is 2.13. The van der Waals surface area contributed by atoms with Gasteiger partial charge in [0, 0.05) is 5.39 Å². The van der Waals surface area contributed by atoms with E-state index in [2.05, 4.69) is 16.5 Å². The lowest BCUT2D eigenvalue weighted by atomic mass is 10.1. The minimum absolute atomic E-state index is 0.141. The van der Waals surface area contributed by atoms with E-state index in [-0.39, 0.29) is 18.4 Å². The topological polar surface area (TPSA) is 78.9 Å². The maximum absolute atomic E-state index is 11.9. The Hall–Kier alpha value is -2.35. The highest BCUT2D eigenvalue weighted by atomic mass is 16.5. The van der Waals surface area contributed by atoms with E-state index >= 15 is 0 Å². The van der Waals surface area contributed by atoms with Crippen LogP contribution < -0.4 is 5.32 Å². The zero-order valence-electron chi connectivity index (χ0n) is 10.3. The summed E-state index contributed by atoms with van der Waals surface area (Å²) in [5.41, 5.74) is 1.28. The van der Waals surface area contributed by atoms with Crippen LogP contribution in [0, 0.1) is 17.2 Å². The Morgan fingerprint density at radius 1 is 1.53 bits per heavy atom. The van der Waals surface area contributed by atoms with Gasteiger partial charge in [-0.2, -0.15) is 5.26 Å². The Bertz CT molecular complexity index is 652. The summed E-state index contributed by atoms with van der Waals surface area (Å²) in [4.78, 5) is 11.9. The van der Waals surface area contributed by atoms with Crippen LogP contribution in [-0.4, -0.2) is 17.1 Å². The first-order chi connectivity index (χ1) is 9.28. The molecule has 2 aromatic rings. The summed E-state index contributed by atoms with van der Waals surface area (Å²) in [5, 5.41) is 16.5. The number of amides is 1. The third-order valence-corrected chi connectivity index (χ3v) is 3.33. The number of nitrogens with zero attached hydrogens (tertiary/aromatic N) is 2. The molecule has 1 aromatic carbocycles. The van der Waals surface area contributed by atoms with Crippen LogP contribution in [0.15, 0.2) is 28.8 Å². The Morgan fingerprint density at radius 3 is 3.05 bits per heavy atom. The second kappa shape index (κ2) is 4.73. The predicted octanol–water partition coefficient (Wildman–Crippen LogP) is 1.79. The summed E-state index contributed by atoms with van der Waals surface area (Å²) in [5.74, 6) is 0.139. The lowest BCUT2D eigenvalue weighted by Crippen LogP contribution is -2.36. The minimum Gasteiger partial charge on any atom is -0.356 e. The number of fused-ring (bicyclic) bond motifs is 1. The van der Waals surface area contributed by atoms with Crippen molar-refractivity contribution < 1.29 is 9.32 Å². The van der Waals surface area contributed by atoms with Gasteiger partial charge < -0.3 is 9.84 Å². The summed E-state index contributed by atoms with van der Waals surface area (Å²) < 4.78 is 5.15. The molecule has 1 heterocycles. The molecule has 1 atom stereocenters. The van der Waals surface area contributed by atoms with Gasteiger partial charge in [0.1, 0.15) is 11.7 Å². The molecule has 1 N–H and O–H groups in total. The molecular formula is C14H13N3O2. The van der Waals surface area contributed by atoms with Gasteiger partial charge in [-0.1, -0.05) is 17.3 Å². The number of nitrogens with one attached hydrogen (secondary N) is 1. The third-order valence-electron chi connectivity index (χ3n) is 3.33. The molecule has 1 aromatic heterocycles. The van der Waals surface area contributed by atoms with E-state index in [0.29, 0.717) is 17.2 Å². The maximum Gasteiger partial charge on any atom is 0.227 e. The van der Waals surface area contributed by atoms with Crippen LogP contribution in [0.3, 0.4) is 0 Å². The highest BCUT2D eigenvalue weighted by Gasteiger charge is 2.32. The summed E-state index contributed by atoms with van der Waals surface area (Å²) in [6, 6.07) is 9.19. The third kappa shape index (κ3) is 2.43.